The number of nitrogens with one attached hydrogen (secondary N) is 1. The van der Waals surface area contributed by atoms with Crippen molar-refractivity contribution in [3.8, 4) is 11.5 Å². The summed E-state index contributed by atoms with van der Waals surface area (Å²) < 4.78 is 10.5. The fourth-order valence-electron chi connectivity index (χ4n) is 2.46. The third kappa shape index (κ3) is 3.56. The van der Waals surface area contributed by atoms with E-state index in [1.807, 2.05) is 0 Å². The van der Waals surface area contributed by atoms with Crippen LogP contribution in [0.15, 0.2) is 36.4 Å². The van der Waals surface area contributed by atoms with Crippen molar-refractivity contribution in [2.75, 3.05) is 27.8 Å². The quantitative estimate of drug-likeness (QED) is 0.832. The van der Waals surface area contributed by atoms with E-state index in [1.54, 1.807) is 43.4 Å². The Bertz CT molecular complexity index is 638. The second kappa shape index (κ2) is 7.41. The Morgan fingerprint density at radius 1 is 0.957 bits per heavy atom. The maximum Gasteiger partial charge on any atom is 0.137 e. The van der Waals surface area contributed by atoms with E-state index in [0.717, 1.165) is 0 Å². The zero-order valence-corrected chi connectivity index (χ0v) is 14.7. The van der Waals surface area contributed by atoms with Crippen molar-refractivity contribution in [3.05, 3.63) is 57.6 Å². The monoisotopic (exact) mass is 355 g/mol. The lowest BCUT2D eigenvalue weighted by Gasteiger charge is -2.30. The molecule has 0 aliphatic rings. The molecule has 4 nitrogen and oxygen atoms in total. The highest BCUT2D eigenvalue weighted by atomic mass is 35.5. The van der Waals surface area contributed by atoms with Gasteiger partial charge < -0.3 is 19.9 Å². The van der Waals surface area contributed by atoms with E-state index in [-0.39, 0.29) is 0 Å². The summed E-state index contributed by atoms with van der Waals surface area (Å²) in [6.45, 7) is 0.294. The van der Waals surface area contributed by atoms with Crippen molar-refractivity contribution in [3.63, 3.8) is 0 Å². The maximum absolute atomic E-state index is 11.3. The van der Waals surface area contributed by atoms with E-state index in [9.17, 15) is 5.11 Å². The predicted octanol–water partition coefficient (Wildman–Crippen LogP) is 3.47. The zero-order valence-electron chi connectivity index (χ0n) is 13.2. The van der Waals surface area contributed by atoms with Gasteiger partial charge in [-0.2, -0.15) is 0 Å². The van der Waals surface area contributed by atoms with Gasteiger partial charge in [-0.25, -0.2) is 0 Å². The molecule has 0 amide bonds. The Labute approximate surface area is 145 Å². The molecule has 0 aliphatic heterocycles. The van der Waals surface area contributed by atoms with E-state index < -0.39 is 5.60 Å². The van der Waals surface area contributed by atoms with Crippen molar-refractivity contribution >= 4 is 23.2 Å². The van der Waals surface area contributed by atoms with Gasteiger partial charge >= 0.3 is 0 Å². The first kappa shape index (κ1) is 17.9. The molecule has 0 radical (unpaired) electrons. The van der Waals surface area contributed by atoms with E-state index in [0.29, 0.717) is 39.2 Å². The summed E-state index contributed by atoms with van der Waals surface area (Å²) in [5.74, 6) is 0.999. The van der Waals surface area contributed by atoms with E-state index in [4.69, 9.17) is 32.7 Å². The summed E-state index contributed by atoms with van der Waals surface area (Å²) in [4.78, 5) is 0. The second-order valence-electron chi connectivity index (χ2n) is 5.09. The molecule has 0 unspecified atom stereocenters. The Morgan fingerprint density at radius 3 is 1.74 bits per heavy atom. The van der Waals surface area contributed by atoms with Crippen molar-refractivity contribution in [1.82, 2.24) is 5.32 Å². The number of likely N-dealkylation sites (N-methyl/N-ethyl adjacent to an activating group) is 1. The number of halogens is 2. The molecule has 6 heteroatoms. The molecule has 0 spiro atoms. The van der Waals surface area contributed by atoms with Gasteiger partial charge in [-0.05, 0) is 42.4 Å². The molecule has 2 N–H and O–H groups in total. The Kier molecular flexibility index (Phi) is 5.76. The van der Waals surface area contributed by atoms with Crippen LogP contribution in [-0.4, -0.2) is 32.9 Å². The fraction of sp³-hybridized carbons (Fsp3) is 0.294. The standard InChI is InChI=1S/C17H19Cl2NO3/c1-20-10-17(21,11-4-6-13(18)15(8-11)22-2)12-5-7-14(19)16(9-12)23-3/h4-9,20-21H,10H2,1-3H3. The Hall–Kier alpha value is -1.46. The summed E-state index contributed by atoms with van der Waals surface area (Å²) in [5, 5.41) is 15.3. The van der Waals surface area contributed by atoms with Crippen molar-refractivity contribution in [1.29, 1.82) is 0 Å². The van der Waals surface area contributed by atoms with Gasteiger partial charge in [-0.1, -0.05) is 35.3 Å². The third-order valence-electron chi connectivity index (χ3n) is 3.69. The average molecular weight is 356 g/mol. The van der Waals surface area contributed by atoms with Gasteiger partial charge in [-0.15, -0.1) is 0 Å². The molecule has 0 aromatic heterocycles. The number of benzene rings is 2. The summed E-state index contributed by atoms with van der Waals surface area (Å²) in [7, 11) is 4.84. The van der Waals surface area contributed by atoms with Gasteiger partial charge in [0.2, 0.25) is 0 Å². The van der Waals surface area contributed by atoms with Crippen molar-refractivity contribution in [2.45, 2.75) is 5.60 Å². The number of hydrogen-bond donors (Lipinski definition) is 2. The molecule has 0 saturated carbocycles. The topological polar surface area (TPSA) is 50.7 Å². The number of hydrogen-bond acceptors (Lipinski definition) is 4. The van der Waals surface area contributed by atoms with E-state index in [1.165, 1.54) is 14.2 Å². The van der Waals surface area contributed by atoms with Crippen LogP contribution < -0.4 is 14.8 Å². The lowest BCUT2D eigenvalue weighted by atomic mass is 9.86. The maximum atomic E-state index is 11.3. The molecule has 0 aliphatic carbocycles. The molecule has 23 heavy (non-hydrogen) atoms. The number of aliphatic hydroxyl groups is 1. The minimum Gasteiger partial charge on any atom is -0.495 e. The first-order valence-corrected chi connectivity index (χ1v) is 7.77. The summed E-state index contributed by atoms with van der Waals surface area (Å²) in [6.07, 6.45) is 0. The molecule has 2 aromatic rings. The van der Waals surface area contributed by atoms with Crippen LogP contribution in [0.2, 0.25) is 10.0 Å². The second-order valence-corrected chi connectivity index (χ2v) is 5.90. The lowest BCUT2D eigenvalue weighted by molar-refractivity contribution is 0.0818. The smallest absolute Gasteiger partial charge is 0.137 e. The predicted molar refractivity (Wildman–Crippen MR) is 92.9 cm³/mol. The zero-order chi connectivity index (χ0) is 17.0. The number of rotatable bonds is 6. The van der Waals surface area contributed by atoms with Gasteiger partial charge in [0.05, 0.1) is 24.3 Å². The minimum atomic E-state index is -1.29. The normalized spacial score (nSPS) is 11.4. The molecule has 0 fully saturated rings. The Morgan fingerprint density at radius 2 is 1.39 bits per heavy atom. The SMILES string of the molecule is CNCC(O)(c1ccc(Cl)c(OC)c1)c1ccc(Cl)c(OC)c1. The van der Waals surface area contributed by atoms with Gasteiger partial charge in [0.25, 0.3) is 0 Å². The van der Waals surface area contributed by atoms with Crippen LogP contribution in [0.25, 0.3) is 0 Å². The molecule has 2 rings (SSSR count). The molecular weight excluding hydrogens is 337 g/mol. The lowest BCUT2D eigenvalue weighted by Crippen LogP contribution is -2.37. The molecule has 124 valence electrons. The molecule has 0 saturated heterocycles. The van der Waals surface area contributed by atoms with E-state index in [2.05, 4.69) is 5.32 Å². The Balaban J connectivity index is 2.59. The average Bonchev–Trinajstić information content (AvgIpc) is 2.55. The highest BCUT2D eigenvalue weighted by Crippen LogP contribution is 2.37. The minimum absolute atomic E-state index is 0.294. The van der Waals surface area contributed by atoms with Crippen LogP contribution in [0.4, 0.5) is 0 Å². The molecule has 0 heterocycles. The van der Waals surface area contributed by atoms with Gasteiger partial charge in [0, 0.05) is 6.54 Å². The number of methoxy groups -OCH3 is 2. The third-order valence-corrected chi connectivity index (χ3v) is 4.31. The van der Waals surface area contributed by atoms with Crippen molar-refractivity contribution < 1.29 is 14.6 Å². The highest BCUT2D eigenvalue weighted by Gasteiger charge is 2.32. The summed E-state index contributed by atoms with van der Waals surface area (Å²) in [6, 6.07) is 10.4. The molecule has 0 bridgehead atoms. The van der Waals surface area contributed by atoms with Crippen LogP contribution in [0.5, 0.6) is 11.5 Å². The molecule has 2 aromatic carbocycles. The van der Waals surface area contributed by atoms with Gasteiger partial charge in [0.15, 0.2) is 0 Å². The van der Waals surface area contributed by atoms with Crippen LogP contribution in [-0.2, 0) is 5.60 Å². The van der Waals surface area contributed by atoms with E-state index >= 15 is 0 Å². The van der Waals surface area contributed by atoms with Crippen LogP contribution >= 0.6 is 23.2 Å². The number of ether oxygens (including phenoxy) is 2. The van der Waals surface area contributed by atoms with Crippen molar-refractivity contribution in [2.24, 2.45) is 0 Å². The van der Waals surface area contributed by atoms with Gasteiger partial charge in [0.1, 0.15) is 17.1 Å². The molecular formula is C17H19Cl2NO3. The fourth-order valence-corrected chi connectivity index (χ4v) is 2.85. The van der Waals surface area contributed by atoms with Crippen LogP contribution in [0, 0.1) is 0 Å². The first-order chi connectivity index (χ1) is 11.0. The van der Waals surface area contributed by atoms with Crippen LogP contribution in [0.1, 0.15) is 11.1 Å². The first-order valence-electron chi connectivity index (χ1n) is 7.01. The van der Waals surface area contributed by atoms with Crippen LogP contribution in [0.3, 0.4) is 0 Å². The summed E-state index contributed by atoms with van der Waals surface area (Å²) >= 11 is 12.2. The van der Waals surface area contributed by atoms with Gasteiger partial charge in [-0.3, -0.25) is 0 Å². The molecule has 0 atom stereocenters. The summed E-state index contributed by atoms with van der Waals surface area (Å²) in [5.41, 5.74) is 0.0137. The largest absolute Gasteiger partial charge is 0.495 e. The highest BCUT2D eigenvalue weighted by molar-refractivity contribution is 6.32.